The Morgan fingerprint density at radius 2 is 1.71 bits per heavy atom. The number of carbonyl (C=O) groups is 5. The zero-order valence-electron chi connectivity index (χ0n) is 29.0. The van der Waals surface area contributed by atoms with Crippen LogP contribution in [0.25, 0.3) is 0 Å². The Kier molecular flexibility index (Phi) is 9.72. The Morgan fingerprint density at radius 1 is 0.980 bits per heavy atom. The minimum Gasteiger partial charge on any atom is -0.446 e. The van der Waals surface area contributed by atoms with Crippen LogP contribution in [0.1, 0.15) is 96.3 Å². The molecule has 2 aliphatic heterocycles. The number of likely N-dealkylation sites (tertiary alicyclic amines) is 1. The predicted octanol–water partition coefficient (Wildman–Crippen LogP) is 3.50. The molecule has 272 valence electrons. The van der Waals surface area contributed by atoms with Crippen molar-refractivity contribution in [1.82, 2.24) is 20.4 Å². The number of alkyl carbamates (subject to hydrolysis) is 1. The number of ether oxygens (including phenoxy) is 2. The van der Waals surface area contributed by atoms with Crippen molar-refractivity contribution < 1.29 is 43.2 Å². The van der Waals surface area contributed by atoms with Crippen molar-refractivity contribution in [1.29, 1.82) is 0 Å². The van der Waals surface area contributed by atoms with Gasteiger partial charge in [0.25, 0.3) is 0 Å². The van der Waals surface area contributed by atoms with Gasteiger partial charge < -0.3 is 25.0 Å². The Labute approximate surface area is 292 Å². The van der Waals surface area contributed by atoms with Gasteiger partial charge in [0.1, 0.15) is 6.10 Å². The van der Waals surface area contributed by atoms with Crippen molar-refractivity contribution in [2.24, 2.45) is 29.6 Å². The van der Waals surface area contributed by atoms with Crippen molar-refractivity contribution >= 4 is 41.5 Å². The summed E-state index contributed by atoms with van der Waals surface area (Å²) < 4.78 is 12.4. The van der Waals surface area contributed by atoms with E-state index in [0.29, 0.717) is 37.5 Å². The standard InChI is InChI=1S/C35H52N4O9S/c1-36-30(42)23-8-6-21(7-9-23)20-39-29(41)15-27(31(39)43)49-12-10-28(40)38(3)33-16-22-13-24(17-33)35(25(14-22)18-33)46-34(47-48-35)11-4-5-26(19-34)45-32(44)37-2/h21-27H,4-20H2,1-3H3,(H,36,42)(H,37,44)/t21?,22?,23?,24?,25?,26?,27?,33?,34-,35?/m1/s1. The predicted molar refractivity (Wildman–Crippen MR) is 177 cm³/mol. The zero-order valence-corrected chi connectivity index (χ0v) is 29.9. The van der Waals surface area contributed by atoms with E-state index < -0.39 is 22.9 Å². The maximum atomic E-state index is 13.7. The van der Waals surface area contributed by atoms with Crippen LogP contribution in [0.2, 0.25) is 0 Å². The van der Waals surface area contributed by atoms with Gasteiger partial charge in [0, 0.05) is 82.4 Å². The van der Waals surface area contributed by atoms with E-state index in [1.807, 2.05) is 11.9 Å². The molecule has 2 heterocycles. The van der Waals surface area contributed by atoms with Crippen LogP contribution in [0.5, 0.6) is 0 Å². The van der Waals surface area contributed by atoms with E-state index in [9.17, 15) is 24.0 Å². The molecule has 4 bridgehead atoms. The molecule has 0 radical (unpaired) electrons. The highest BCUT2D eigenvalue weighted by atomic mass is 32.2. The van der Waals surface area contributed by atoms with E-state index in [1.165, 1.54) is 16.7 Å². The summed E-state index contributed by atoms with van der Waals surface area (Å²) in [5, 5.41) is 4.79. The van der Waals surface area contributed by atoms with Gasteiger partial charge in [-0.3, -0.25) is 24.1 Å². The molecule has 13 nitrogen and oxygen atoms in total. The summed E-state index contributed by atoms with van der Waals surface area (Å²) in [6, 6.07) is 0. The minimum atomic E-state index is -0.931. The van der Waals surface area contributed by atoms with Gasteiger partial charge in [-0.05, 0) is 82.5 Å². The van der Waals surface area contributed by atoms with E-state index in [2.05, 4.69) is 10.6 Å². The third-order valence-electron chi connectivity index (χ3n) is 12.9. The van der Waals surface area contributed by atoms with Crippen LogP contribution < -0.4 is 10.6 Å². The largest absolute Gasteiger partial charge is 0.446 e. The molecule has 49 heavy (non-hydrogen) atoms. The molecule has 6 saturated carbocycles. The van der Waals surface area contributed by atoms with E-state index in [4.69, 9.17) is 19.2 Å². The smallest absolute Gasteiger partial charge is 0.407 e. The number of carbonyl (C=O) groups excluding carboxylic acids is 5. The molecule has 0 aromatic heterocycles. The lowest BCUT2D eigenvalue weighted by Crippen LogP contribution is -2.69. The highest BCUT2D eigenvalue weighted by molar-refractivity contribution is 8.00. The third-order valence-corrected chi connectivity index (χ3v) is 14.1. The summed E-state index contributed by atoms with van der Waals surface area (Å²) >= 11 is 1.42. The molecule has 8 aliphatic rings. The molecule has 4 unspecified atom stereocenters. The molecule has 14 heteroatoms. The maximum Gasteiger partial charge on any atom is 0.407 e. The van der Waals surface area contributed by atoms with Gasteiger partial charge in [-0.15, -0.1) is 11.8 Å². The zero-order chi connectivity index (χ0) is 34.6. The average molecular weight is 705 g/mol. The fourth-order valence-electron chi connectivity index (χ4n) is 10.5. The lowest BCUT2D eigenvalue weighted by Gasteiger charge is -2.64. The van der Waals surface area contributed by atoms with Gasteiger partial charge >= 0.3 is 6.09 Å². The topological polar surface area (TPSA) is 153 Å². The van der Waals surface area contributed by atoms with Crippen molar-refractivity contribution in [3.8, 4) is 0 Å². The second-order valence-corrected chi connectivity index (χ2v) is 17.1. The lowest BCUT2D eigenvalue weighted by molar-refractivity contribution is -0.394. The molecule has 8 fully saturated rings. The molecule has 5 atom stereocenters. The molecular weight excluding hydrogens is 652 g/mol. The SMILES string of the molecule is CNC(=O)OC1CCC[C@]2(C1)OOC1(O2)C2CC3CC1CC(N(C)C(=O)CCSC1CC(=O)N(CC4CCC(C(=O)NC)CC4)C1=O)(C3)C2. The molecular formula is C35H52N4O9S. The van der Waals surface area contributed by atoms with Gasteiger partial charge in [-0.25, -0.2) is 4.79 Å². The van der Waals surface area contributed by atoms with Crippen molar-refractivity contribution in [2.75, 3.05) is 33.4 Å². The summed E-state index contributed by atoms with van der Waals surface area (Å²) in [4.78, 5) is 79.3. The second kappa shape index (κ2) is 13.6. The molecule has 2 saturated heterocycles. The number of imide groups is 1. The fourth-order valence-corrected chi connectivity index (χ4v) is 11.6. The Balaban J connectivity index is 0.907. The first-order valence-corrected chi connectivity index (χ1v) is 19.4. The van der Waals surface area contributed by atoms with Gasteiger partial charge in [0.2, 0.25) is 35.2 Å². The first kappa shape index (κ1) is 35.0. The number of nitrogens with one attached hydrogen (secondary N) is 2. The van der Waals surface area contributed by atoms with Crippen molar-refractivity contribution in [2.45, 2.75) is 125 Å². The summed E-state index contributed by atoms with van der Waals surface area (Å²) in [7, 11) is 5.13. The Bertz CT molecular complexity index is 1320. The number of hydrogen-bond acceptors (Lipinski definition) is 10. The maximum absolute atomic E-state index is 13.7. The van der Waals surface area contributed by atoms with E-state index >= 15 is 0 Å². The molecule has 2 spiro atoms. The molecule has 0 aromatic carbocycles. The van der Waals surface area contributed by atoms with E-state index in [0.717, 1.165) is 70.6 Å². The number of rotatable bonds is 9. The fraction of sp³-hybridized carbons (Fsp3) is 0.857. The summed E-state index contributed by atoms with van der Waals surface area (Å²) in [6.07, 6.45) is 10.1. The van der Waals surface area contributed by atoms with Crippen LogP contribution in [-0.2, 0) is 38.4 Å². The monoisotopic (exact) mass is 704 g/mol. The Hall–Kier alpha value is -2.42. The number of thioether (sulfide) groups is 1. The normalized spacial score (nSPS) is 41.0. The van der Waals surface area contributed by atoms with Crippen LogP contribution in [0.15, 0.2) is 0 Å². The lowest BCUT2D eigenvalue weighted by atomic mass is 9.49. The first-order chi connectivity index (χ1) is 23.5. The highest BCUT2D eigenvalue weighted by Gasteiger charge is 2.71. The number of amides is 5. The van der Waals surface area contributed by atoms with Crippen LogP contribution in [0.4, 0.5) is 4.79 Å². The van der Waals surface area contributed by atoms with Crippen LogP contribution in [-0.4, -0.2) is 101 Å². The third kappa shape index (κ3) is 6.48. The van der Waals surface area contributed by atoms with Gasteiger partial charge in [0.15, 0.2) is 0 Å². The van der Waals surface area contributed by atoms with Crippen molar-refractivity contribution in [3.05, 3.63) is 0 Å². The second-order valence-electron chi connectivity index (χ2n) is 15.8. The average Bonchev–Trinajstić information content (AvgIpc) is 3.59. The van der Waals surface area contributed by atoms with E-state index in [1.54, 1.807) is 14.1 Å². The summed E-state index contributed by atoms with van der Waals surface area (Å²) in [6.45, 7) is 0.425. The van der Waals surface area contributed by atoms with Gasteiger partial charge in [-0.2, -0.15) is 9.78 Å². The van der Waals surface area contributed by atoms with Crippen molar-refractivity contribution in [3.63, 3.8) is 0 Å². The number of hydrogen-bond donors (Lipinski definition) is 2. The minimum absolute atomic E-state index is 0.0164. The molecule has 2 N–H and O–H groups in total. The Morgan fingerprint density at radius 3 is 2.41 bits per heavy atom. The molecule has 6 aliphatic carbocycles. The molecule has 0 aromatic rings. The van der Waals surface area contributed by atoms with Crippen LogP contribution >= 0.6 is 11.8 Å². The summed E-state index contributed by atoms with van der Waals surface area (Å²) in [5.74, 6) is -0.524. The molecule has 5 amide bonds. The van der Waals surface area contributed by atoms with Crippen LogP contribution in [0, 0.1) is 29.6 Å². The highest BCUT2D eigenvalue weighted by Crippen LogP contribution is 2.66. The number of nitrogens with zero attached hydrogens (tertiary/aromatic N) is 2. The van der Waals surface area contributed by atoms with E-state index in [-0.39, 0.29) is 65.4 Å². The van der Waals surface area contributed by atoms with Gasteiger partial charge in [-0.1, -0.05) is 0 Å². The van der Waals surface area contributed by atoms with Crippen LogP contribution in [0.3, 0.4) is 0 Å². The van der Waals surface area contributed by atoms with Gasteiger partial charge in [0.05, 0.1) is 5.25 Å². The summed E-state index contributed by atoms with van der Waals surface area (Å²) in [5.41, 5.74) is -0.268. The molecule has 8 rings (SSSR count). The quantitative estimate of drug-likeness (QED) is 0.270. The first-order valence-electron chi connectivity index (χ1n) is 18.4.